The van der Waals surface area contributed by atoms with Crippen LogP contribution in [0, 0.1) is 5.92 Å². The molecule has 1 N–H and O–H groups in total. The van der Waals surface area contributed by atoms with E-state index < -0.39 is 5.92 Å². The lowest BCUT2D eigenvalue weighted by atomic mass is 9.91. The van der Waals surface area contributed by atoms with Crippen molar-refractivity contribution in [3.8, 4) is 0 Å². The van der Waals surface area contributed by atoms with E-state index in [2.05, 4.69) is 17.1 Å². The Kier molecular flexibility index (Phi) is 5.64. The number of aromatic amines is 1. The second kappa shape index (κ2) is 7.69. The van der Waals surface area contributed by atoms with Crippen molar-refractivity contribution in [2.24, 2.45) is 5.92 Å². The van der Waals surface area contributed by atoms with Crippen LogP contribution in [0.5, 0.6) is 0 Å². The standard InChI is InChI=1S/C18H22N2O2/c1-3-17(21)16(18(22)4-2)10-15-12-20(13-19-15)11-14-8-6-5-7-9-14/h5-9,12-13,16H,3-4,10-11H2,1-2H3/p+1. The maximum absolute atomic E-state index is 12.0. The third-order valence-electron chi connectivity index (χ3n) is 3.84. The molecule has 1 aromatic heterocycles. The Bertz CT molecular complexity index is 616. The van der Waals surface area contributed by atoms with Gasteiger partial charge >= 0.3 is 0 Å². The van der Waals surface area contributed by atoms with E-state index in [0.717, 1.165) is 12.2 Å². The number of rotatable bonds is 8. The normalized spacial score (nSPS) is 10.9. The molecule has 0 saturated carbocycles. The number of imidazole rings is 1. The quantitative estimate of drug-likeness (QED) is 0.601. The molecule has 0 saturated heterocycles. The van der Waals surface area contributed by atoms with Crippen LogP contribution in [0.4, 0.5) is 0 Å². The molecule has 22 heavy (non-hydrogen) atoms. The van der Waals surface area contributed by atoms with E-state index in [-0.39, 0.29) is 11.6 Å². The first-order chi connectivity index (χ1) is 10.6. The van der Waals surface area contributed by atoms with Gasteiger partial charge in [0.25, 0.3) is 0 Å². The molecule has 0 atom stereocenters. The Hall–Kier alpha value is -2.23. The summed E-state index contributed by atoms with van der Waals surface area (Å²) in [6.45, 7) is 4.39. The summed E-state index contributed by atoms with van der Waals surface area (Å²) in [7, 11) is 0. The van der Waals surface area contributed by atoms with Gasteiger partial charge in [0, 0.05) is 19.3 Å². The molecular weight excluding hydrogens is 276 g/mol. The summed E-state index contributed by atoms with van der Waals surface area (Å²) in [4.78, 5) is 27.1. The number of carbonyl (C=O) groups is 2. The number of ketones is 2. The van der Waals surface area contributed by atoms with Crippen LogP contribution in [0.15, 0.2) is 42.9 Å². The van der Waals surface area contributed by atoms with Crippen molar-refractivity contribution in [2.75, 3.05) is 0 Å². The molecule has 2 aromatic rings. The van der Waals surface area contributed by atoms with Gasteiger partial charge in [0.15, 0.2) is 0 Å². The van der Waals surface area contributed by atoms with Gasteiger partial charge in [-0.25, -0.2) is 9.55 Å². The zero-order valence-corrected chi connectivity index (χ0v) is 13.2. The SMILES string of the molecule is CCC(=O)C(Cc1c[n+](Cc2ccccc2)c[nH]1)C(=O)CC. The van der Waals surface area contributed by atoms with Crippen molar-refractivity contribution < 1.29 is 14.2 Å². The molecule has 2 rings (SSSR count). The molecule has 0 aliphatic rings. The molecule has 0 fully saturated rings. The molecule has 4 heteroatoms. The summed E-state index contributed by atoms with van der Waals surface area (Å²) in [5, 5.41) is 0. The highest BCUT2D eigenvalue weighted by Crippen LogP contribution is 2.12. The highest BCUT2D eigenvalue weighted by molar-refractivity contribution is 6.02. The molecule has 4 nitrogen and oxygen atoms in total. The van der Waals surface area contributed by atoms with Crippen molar-refractivity contribution in [3.05, 3.63) is 54.1 Å². The van der Waals surface area contributed by atoms with Crippen LogP contribution < -0.4 is 4.57 Å². The monoisotopic (exact) mass is 299 g/mol. The number of Topliss-reactive ketones (excluding diaryl/α,β-unsaturated/α-hetero) is 2. The van der Waals surface area contributed by atoms with Gasteiger partial charge in [-0.15, -0.1) is 0 Å². The maximum atomic E-state index is 12.0. The van der Waals surface area contributed by atoms with Gasteiger partial charge in [-0.1, -0.05) is 44.2 Å². The van der Waals surface area contributed by atoms with Gasteiger partial charge in [0.2, 0.25) is 6.33 Å². The number of benzene rings is 1. The highest BCUT2D eigenvalue weighted by Gasteiger charge is 2.26. The number of hydrogen-bond donors (Lipinski definition) is 1. The Labute approximate surface area is 131 Å². The van der Waals surface area contributed by atoms with E-state index in [1.807, 2.05) is 49.1 Å². The fourth-order valence-corrected chi connectivity index (χ4v) is 2.56. The fourth-order valence-electron chi connectivity index (χ4n) is 2.56. The topological polar surface area (TPSA) is 53.8 Å². The summed E-state index contributed by atoms with van der Waals surface area (Å²) < 4.78 is 2.04. The number of nitrogens with zero attached hydrogens (tertiary/aromatic N) is 1. The molecule has 0 amide bonds. The number of nitrogens with one attached hydrogen (secondary N) is 1. The Balaban J connectivity index is 2.07. The van der Waals surface area contributed by atoms with Crippen LogP contribution in [-0.2, 0) is 22.6 Å². The van der Waals surface area contributed by atoms with Crippen molar-refractivity contribution in [2.45, 2.75) is 39.7 Å². The van der Waals surface area contributed by atoms with Crippen LogP contribution in [0.1, 0.15) is 37.9 Å². The molecule has 1 heterocycles. The first kappa shape index (κ1) is 16.1. The van der Waals surface area contributed by atoms with E-state index in [9.17, 15) is 9.59 Å². The largest absolute Gasteiger partial charge is 0.299 e. The van der Waals surface area contributed by atoms with Crippen molar-refractivity contribution in [1.29, 1.82) is 0 Å². The Morgan fingerprint density at radius 3 is 2.32 bits per heavy atom. The predicted octanol–water partition coefficient (Wildman–Crippen LogP) is 2.47. The minimum atomic E-state index is -0.515. The number of hydrogen-bond acceptors (Lipinski definition) is 2. The molecular formula is C18H23N2O2+. The van der Waals surface area contributed by atoms with Crippen LogP contribution in [0.2, 0.25) is 0 Å². The van der Waals surface area contributed by atoms with Gasteiger partial charge in [0.1, 0.15) is 30.0 Å². The smallest absolute Gasteiger partial charge is 0.242 e. The number of aromatic nitrogens is 2. The van der Waals surface area contributed by atoms with Crippen LogP contribution in [0.3, 0.4) is 0 Å². The van der Waals surface area contributed by atoms with Crippen molar-refractivity contribution in [3.63, 3.8) is 0 Å². The summed E-state index contributed by atoms with van der Waals surface area (Å²) in [6, 6.07) is 10.2. The van der Waals surface area contributed by atoms with Gasteiger partial charge in [-0.2, -0.15) is 0 Å². The zero-order chi connectivity index (χ0) is 15.9. The molecule has 0 aliphatic carbocycles. The molecule has 0 spiro atoms. The lowest BCUT2D eigenvalue weighted by molar-refractivity contribution is -0.687. The van der Waals surface area contributed by atoms with E-state index in [4.69, 9.17) is 0 Å². The lowest BCUT2D eigenvalue weighted by Gasteiger charge is -2.10. The first-order valence-electron chi connectivity index (χ1n) is 7.79. The van der Waals surface area contributed by atoms with Gasteiger partial charge in [-0.3, -0.25) is 9.59 Å². The third-order valence-corrected chi connectivity index (χ3v) is 3.84. The molecule has 116 valence electrons. The minimum Gasteiger partial charge on any atom is -0.299 e. The Morgan fingerprint density at radius 1 is 1.09 bits per heavy atom. The maximum Gasteiger partial charge on any atom is 0.242 e. The Morgan fingerprint density at radius 2 is 1.73 bits per heavy atom. The fraction of sp³-hybridized carbons (Fsp3) is 0.389. The summed E-state index contributed by atoms with van der Waals surface area (Å²) in [5.74, 6) is -0.467. The molecule has 0 aliphatic heterocycles. The second-order valence-electron chi connectivity index (χ2n) is 5.48. The van der Waals surface area contributed by atoms with Crippen LogP contribution in [0.25, 0.3) is 0 Å². The predicted molar refractivity (Wildman–Crippen MR) is 84.3 cm³/mol. The third kappa shape index (κ3) is 4.13. The number of carbonyl (C=O) groups excluding carboxylic acids is 2. The van der Waals surface area contributed by atoms with Gasteiger partial charge < -0.3 is 0 Å². The second-order valence-corrected chi connectivity index (χ2v) is 5.48. The van der Waals surface area contributed by atoms with Gasteiger partial charge in [0.05, 0.1) is 5.92 Å². The summed E-state index contributed by atoms with van der Waals surface area (Å²) in [6.07, 6.45) is 5.13. The first-order valence-corrected chi connectivity index (χ1v) is 7.79. The lowest BCUT2D eigenvalue weighted by Crippen LogP contribution is -2.31. The molecule has 0 radical (unpaired) electrons. The van der Waals surface area contributed by atoms with Crippen molar-refractivity contribution in [1.82, 2.24) is 4.98 Å². The van der Waals surface area contributed by atoms with E-state index in [1.54, 1.807) is 0 Å². The average molecular weight is 299 g/mol. The van der Waals surface area contributed by atoms with E-state index >= 15 is 0 Å². The van der Waals surface area contributed by atoms with Gasteiger partial charge in [-0.05, 0) is 5.56 Å². The molecule has 1 aromatic carbocycles. The summed E-state index contributed by atoms with van der Waals surface area (Å²) in [5.41, 5.74) is 2.13. The van der Waals surface area contributed by atoms with Crippen molar-refractivity contribution >= 4 is 11.6 Å². The van der Waals surface area contributed by atoms with Crippen LogP contribution >= 0.6 is 0 Å². The minimum absolute atomic E-state index is 0.0241. The van der Waals surface area contributed by atoms with Crippen LogP contribution in [-0.4, -0.2) is 16.6 Å². The summed E-state index contributed by atoms with van der Waals surface area (Å²) >= 11 is 0. The zero-order valence-electron chi connectivity index (χ0n) is 13.2. The van der Waals surface area contributed by atoms with E-state index in [0.29, 0.717) is 19.3 Å². The highest BCUT2D eigenvalue weighted by atomic mass is 16.1. The molecule has 0 bridgehead atoms. The average Bonchev–Trinajstić information content (AvgIpc) is 2.99. The van der Waals surface area contributed by atoms with E-state index in [1.165, 1.54) is 5.56 Å². The number of H-pyrrole nitrogens is 1. The molecule has 0 unspecified atom stereocenters.